The van der Waals surface area contributed by atoms with E-state index in [2.05, 4.69) is 14.9 Å². The van der Waals surface area contributed by atoms with E-state index in [4.69, 9.17) is 5.11 Å². The van der Waals surface area contributed by atoms with Crippen molar-refractivity contribution in [2.24, 2.45) is 0 Å². The molecule has 1 aliphatic rings. The Morgan fingerprint density at radius 2 is 2.46 bits per heavy atom. The lowest BCUT2D eigenvalue weighted by Gasteiger charge is -2.06. The molecule has 0 radical (unpaired) electrons. The molecule has 2 rings (SSSR count). The molecule has 4 heteroatoms. The molecule has 0 bridgehead atoms. The number of aliphatic hydroxyl groups is 1. The van der Waals surface area contributed by atoms with Gasteiger partial charge >= 0.3 is 0 Å². The fraction of sp³-hybridized carbons (Fsp3) is 0.667. The van der Waals surface area contributed by atoms with Crippen LogP contribution in [0.5, 0.6) is 0 Å². The zero-order chi connectivity index (χ0) is 9.10. The molecule has 13 heavy (non-hydrogen) atoms. The summed E-state index contributed by atoms with van der Waals surface area (Å²) in [6.45, 7) is 1.64. The summed E-state index contributed by atoms with van der Waals surface area (Å²) in [6, 6.07) is 0.688. The first kappa shape index (κ1) is 8.72. The van der Waals surface area contributed by atoms with Crippen LogP contribution in [0.3, 0.4) is 0 Å². The maximum Gasteiger partial charge on any atom is 0.0951 e. The molecular formula is C9H15N3O. The smallest absolute Gasteiger partial charge is 0.0951 e. The monoisotopic (exact) mass is 181 g/mol. The molecule has 0 spiro atoms. The van der Waals surface area contributed by atoms with Crippen LogP contribution in [0.4, 0.5) is 0 Å². The van der Waals surface area contributed by atoms with Crippen molar-refractivity contribution in [1.29, 1.82) is 0 Å². The van der Waals surface area contributed by atoms with Crippen molar-refractivity contribution in [2.45, 2.75) is 25.4 Å². The summed E-state index contributed by atoms with van der Waals surface area (Å²) < 4.78 is 2.23. The molecule has 1 aromatic rings. The minimum absolute atomic E-state index is 0.192. The predicted molar refractivity (Wildman–Crippen MR) is 49.3 cm³/mol. The quantitative estimate of drug-likeness (QED) is 0.642. The second-order valence-corrected chi connectivity index (χ2v) is 3.42. The lowest BCUT2D eigenvalue weighted by molar-refractivity contribution is 0.291. The van der Waals surface area contributed by atoms with Crippen molar-refractivity contribution in [3.8, 4) is 0 Å². The first-order valence-corrected chi connectivity index (χ1v) is 4.74. The zero-order valence-electron chi connectivity index (χ0n) is 7.61. The lowest BCUT2D eigenvalue weighted by atomic mass is 10.4. The molecule has 0 aliphatic heterocycles. The van der Waals surface area contributed by atoms with Crippen LogP contribution in [0.25, 0.3) is 0 Å². The third-order valence-electron chi connectivity index (χ3n) is 2.28. The Hall–Kier alpha value is -0.870. The standard InChI is InChI=1S/C9H15N3O/c13-4-3-10-5-9-6-11-7-12(9)8-1-2-8/h6-8,10,13H,1-5H2. The third-order valence-corrected chi connectivity index (χ3v) is 2.28. The normalized spacial score (nSPS) is 16.4. The van der Waals surface area contributed by atoms with Gasteiger partial charge in [0.05, 0.1) is 18.6 Å². The van der Waals surface area contributed by atoms with Gasteiger partial charge in [0.25, 0.3) is 0 Å². The van der Waals surface area contributed by atoms with Crippen LogP contribution in [0.2, 0.25) is 0 Å². The number of aliphatic hydroxyl groups excluding tert-OH is 1. The van der Waals surface area contributed by atoms with Crippen LogP contribution < -0.4 is 5.32 Å². The highest BCUT2D eigenvalue weighted by Crippen LogP contribution is 2.35. The van der Waals surface area contributed by atoms with E-state index < -0.39 is 0 Å². The van der Waals surface area contributed by atoms with Gasteiger partial charge in [0.1, 0.15) is 0 Å². The fourth-order valence-corrected chi connectivity index (χ4v) is 1.45. The first-order valence-electron chi connectivity index (χ1n) is 4.74. The van der Waals surface area contributed by atoms with E-state index in [1.807, 2.05) is 12.5 Å². The van der Waals surface area contributed by atoms with Crippen LogP contribution >= 0.6 is 0 Å². The molecular weight excluding hydrogens is 166 g/mol. The van der Waals surface area contributed by atoms with Crippen molar-refractivity contribution in [2.75, 3.05) is 13.2 Å². The van der Waals surface area contributed by atoms with Crippen LogP contribution in [0.1, 0.15) is 24.6 Å². The predicted octanol–water partition coefficient (Wildman–Crippen LogP) is 0.300. The molecule has 0 saturated heterocycles. The number of hydrogen-bond acceptors (Lipinski definition) is 3. The van der Waals surface area contributed by atoms with Gasteiger partial charge in [0.2, 0.25) is 0 Å². The Labute approximate surface area is 77.6 Å². The molecule has 1 fully saturated rings. The number of aromatic nitrogens is 2. The summed E-state index contributed by atoms with van der Waals surface area (Å²) >= 11 is 0. The summed E-state index contributed by atoms with van der Waals surface area (Å²) in [5.74, 6) is 0. The van der Waals surface area contributed by atoms with E-state index in [9.17, 15) is 0 Å². The van der Waals surface area contributed by atoms with Crippen LogP contribution in [0, 0.1) is 0 Å². The van der Waals surface area contributed by atoms with Gasteiger partial charge < -0.3 is 15.0 Å². The topological polar surface area (TPSA) is 50.1 Å². The molecule has 1 heterocycles. The summed E-state index contributed by atoms with van der Waals surface area (Å²) in [5, 5.41) is 11.8. The molecule has 4 nitrogen and oxygen atoms in total. The Balaban J connectivity index is 1.90. The van der Waals surface area contributed by atoms with Crippen LogP contribution in [0.15, 0.2) is 12.5 Å². The molecule has 0 atom stereocenters. The minimum Gasteiger partial charge on any atom is -0.395 e. The molecule has 2 N–H and O–H groups in total. The fourth-order valence-electron chi connectivity index (χ4n) is 1.45. The number of rotatable bonds is 5. The molecule has 1 aromatic heterocycles. The number of imidazole rings is 1. The molecule has 0 amide bonds. The van der Waals surface area contributed by atoms with E-state index in [-0.39, 0.29) is 6.61 Å². The van der Waals surface area contributed by atoms with Gasteiger partial charge in [-0.15, -0.1) is 0 Å². The van der Waals surface area contributed by atoms with E-state index in [0.717, 1.165) is 6.54 Å². The van der Waals surface area contributed by atoms with Gasteiger partial charge in [-0.05, 0) is 12.8 Å². The van der Waals surface area contributed by atoms with Crippen molar-refractivity contribution in [3.05, 3.63) is 18.2 Å². The second kappa shape index (κ2) is 3.89. The van der Waals surface area contributed by atoms with Crippen molar-refractivity contribution in [1.82, 2.24) is 14.9 Å². The molecule has 0 unspecified atom stereocenters. The average molecular weight is 181 g/mol. The van der Waals surface area contributed by atoms with Crippen LogP contribution in [-0.2, 0) is 6.54 Å². The third kappa shape index (κ3) is 2.08. The summed E-state index contributed by atoms with van der Waals surface area (Å²) in [6.07, 6.45) is 6.35. The average Bonchev–Trinajstić information content (AvgIpc) is 2.88. The van der Waals surface area contributed by atoms with E-state index in [1.54, 1.807) is 0 Å². The van der Waals surface area contributed by atoms with E-state index >= 15 is 0 Å². The SMILES string of the molecule is OCCNCc1cncn1C1CC1. The van der Waals surface area contributed by atoms with Gasteiger partial charge in [-0.25, -0.2) is 4.98 Å². The van der Waals surface area contributed by atoms with Gasteiger partial charge in [-0.2, -0.15) is 0 Å². The Bertz CT molecular complexity index is 268. The molecule has 1 saturated carbocycles. The van der Waals surface area contributed by atoms with Crippen molar-refractivity contribution in [3.63, 3.8) is 0 Å². The number of nitrogens with zero attached hydrogens (tertiary/aromatic N) is 2. The van der Waals surface area contributed by atoms with E-state index in [0.29, 0.717) is 12.6 Å². The van der Waals surface area contributed by atoms with Crippen molar-refractivity contribution >= 4 is 0 Å². The highest BCUT2D eigenvalue weighted by atomic mass is 16.3. The Morgan fingerprint density at radius 1 is 1.62 bits per heavy atom. The summed E-state index contributed by atoms with van der Waals surface area (Å²) in [5.41, 5.74) is 1.22. The molecule has 1 aliphatic carbocycles. The van der Waals surface area contributed by atoms with Gasteiger partial charge in [-0.3, -0.25) is 0 Å². The lowest BCUT2D eigenvalue weighted by Crippen LogP contribution is -2.19. The molecule has 0 aromatic carbocycles. The largest absolute Gasteiger partial charge is 0.395 e. The van der Waals surface area contributed by atoms with Gasteiger partial charge in [0.15, 0.2) is 0 Å². The second-order valence-electron chi connectivity index (χ2n) is 3.42. The zero-order valence-corrected chi connectivity index (χ0v) is 7.61. The van der Waals surface area contributed by atoms with E-state index in [1.165, 1.54) is 18.5 Å². The van der Waals surface area contributed by atoms with Gasteiger partial charge in [0, 0.05) is 25.3 Å². The number of hydrogen-bond donors (Lipinski definition) is 2. The highest BCUT2D eigenvalue weighted by Gasteiger charge is 2.24. The molecule has 72 valence electrons. The van der Waals surface area contributed by atoms with Crippen LogP contribution in [-0.4, -0.2) is 27.8 Å². The summed E-state index contributed by atoms with van der Waals surface area (Å²) in [7, 11) is 0. The Kier molecular flexibility index (Phi) is 2.61. The van der Waals surface area contributed by atoms with Crippen molar-refractivity contribution < 1.29 is 5.11 Å². The first-order chi connectivity index (χ1) is 6.42. The number of nitrogens with one attached hydrogen (secondary N) is 1. The highest BCUT2D eigenvalue weighted by molar-refractivity contribution is 5.03. The minimum atomic E-state index is 0.192. The summed E-state index contributed by atoms with van der Waals surface area (Å²) in [4.78, 5) is 4.12. The Morgan fingerprint density at radius 3 is 3.15 bits per heavy atom. The maximum absolute atomic E-state index is 8.60. The maximum atomic E-state index is 8.60. The van der Waals surface area contributed by atoms with Gasteiger partial charge in [-0.1, -0.05) is 0 Å².